The van der Waals surface area contributed by atoms with Crippen molar-refractivity contribution in [3.63, 3.8) is 0 Å². The maximum Gasteiger partial charge on any atom is 0.160 e. The molecule has 1 saturated heterocycles. The zero-order chi connectivity index (χ0) is 14.4. The van der Waals surface area contributed by atoms with Gasteiger partial charge in [-0.15, -0.1) is 0 Å². The summed E-state index contributed by atoms with van der Waals surface area (Å²) in [5, 5.41) is 0. The van der Waals surface area contributed by atoms with Gasteiger partial charge in [0.15, 0.2) is 15.5 Å². The Morgan fingerprint density at radius 2 is 2.05 bits per heavy atom. The minimum absolute atomic E-state index is 0.0264. The molecule has 0 N–H and O–H groups in total. The zero-order valence-corrected chi connectivity index (χ0v) is 12.7. The van der Waals surface area contributed by atoms with Gasteiger partial charge < -0.3 is 4.57 Å². The Labute approximate surface area is 124 Å². The fourth-order valence-electron chi connectivity index (χ4n) is 3.47. The molecule has 1 aliphatic carbocycles. The Balaban J connectivity index is 1.83. The molecule has 0 bridgehead atoms. The van der Waals surface area contributed by atoms with E-state index in [1.807, 2.05) is 12.1 Å². The van der Waals surface area contributed by atoms with Crippen LogP contribution >= 0.6 is 0 Å². The van der Waals surface area contributed by atoms with Gasteiger partial charge in [0, 0.05) is 18.2 Å². The van der Waals surface area contributed by atoms with Crippen LogP contribution < -0.4 is 0 Å². The fraction of sp³-hybridized carbons (Fsp3) is 0.600. The van der Waals surface area contributed by atoms with Gasteiger partial charge >= 0.3 is 0 Å². The van der Waals surface area contributed by atoms with Crippen LogP contribution in [0.4, 0.5) is 0 Å². The number of fused-ring (bicyclic) bond motifs is 1. The van der Waals surface area contributed by atoms with E-state index >= 15 is 0 Å². The predicted molar refractivity (Wildman–Crippen MR) is 81.0 cm³/mol. The van der Waals surface area contributed by atoms with Gasteiger partial charge in [0.05, 0.1) is 11.5 Å². The Morgan fingerprint density at radius 1 is 1.19 bits per heavy atom. The molecule has 1 atom stereocenters. The molecular weight excluding hydrogens is 286 g/mol. The molecule has 1 saturated carbocycles. The van der Waals surface area contributed by atoms with Crippen molar-refractivity contribution in [2.45, 2.75) is 44.1 Å². The number of hydrogen-bond donors (Lipinski definition) is 0. The second-order valence-electron chi connectivity index (χ2n) is 6.22. The van der Waals surface area contributed by atoms with E-state index < -0.39 is 9.84 Å². The van der Waals surface area contributed by atoms with Crippen LogP contribution in [0.1, 0.15) is 49.9 Å². The van der Waals surface area contributed by atoms with Crippen molar-refractivity contribution in [1.29, 1.82) is 0 Å². The monoisotopic (exact) mass is 305 g/mol. The number of aromatic nitrogens is 3. The first kappa shape index (κ1) is 13.2. The SMILES string of the molecule is O=S1(=O)CCCC(c2nc3cccnc3n2C2CCC2)C1. The van der Waals surface area contributed by atoms with Crippen molar-refractivity contribution in [2.75, 3.05) is 11.5 Å². The van der Waals surface area contributed by atoms with Crippen LogP contribution in [-0.4, -0.2) is 34.5 Å². The van der Waals surface area contributed by atoms with Crippen LogP contribution in [-0.2, 0) is 9.84 Å². The van der Waals surface area contributed by atoms with Gasteiger partial charge in [-0.05, 0) is 44.2 Å². The smallest absolute Gasteiger partial charge is 0.160 e. The Bertz CT molecular complexity index is 777. The maximum atomic E-state index is 12.0. The van der Waals surface area contributed by atoms with E-state index in [9.17, 15) is 8.42 Å². The van der Waals surface area contributed by atoms with Gasteiger partial charge in [0.1, 0.15) is 11.3 Å². The minimum atomic E-state index is -2.92. The molecule has 0 spiro atoms. The molecular formula is C15H19N3O2S. The van der Waals surface area contributed by atoms with E-state index in [1.54, 1.807) is 6.20 Å². The number of nitrogens with zero attached hydrogens (tertiary/aromatic N) is 3. The molecule has 2 aromatic heterocycles. The van der Waals surface area contributed by atoms with Gasteiger partial charge in [0.2, 0.25) is 0 Å². The fourth-order valence-corrected chi connectivity index (χ4v) is 5.17. The molecule has 21 heavy (non-hydrogen) atoms. The summed E-state index contributed by atoms with van der Waals surface area (Å²) in [5.41, 5.74) is 1.81. The van der Waals surface area contributed by atoms with E-state index in [-0.39, 0.29) is 11.7 Å². The Hall–Kier alpha value is -1.43. The van der Waals surface area contributed by atoms with Gasteiger partial charge in [-0.25, -0.2) is 18.4 Å². The zero-order valence-electron chi connectivity index (χ0n) is 11.9. The van der Waals surface area contributed by atoms with E-state index in [2.05, 4.69) is 9.55 Å². The van der Waals surface area contributed by atoms with Crippen molar-refractivity contribution in [2.24, 2.45) is 0 Å². The van der Waals surface area contributed by atoms with Crippen LogP contribution in [0.25, 0.3) is 11.2 Å². The third-order valence-electron chi connectivity index (χ3n) is 4.74. The lowest BCUT2D eigenvalue weighted by molar-refractivity contribution is 0.306. The van der Waals surface area contributed by atoms with Crippen molar-refractivity contribution >= 4 is 21.0 Å². The molecule has 0 amide bonds. The lowest BCUT2D eigenvalue weighted by Gasteiger charge is -2.31. The summed E-state index contributed by atoms with van der Waals surface area (Å²) in [7, 11) is -2.92. The van der Waals surface area contributed by atoms with E-state index in [0.717, 1.165) is 42.7 Å². The average Bonchev–Trinajstić information content (AvgIpc) is 2.76. The maximum absolute atomic E-state index is 12.0. The normalized spacial score (nSPS) is 25.8. The number of sulfone groups is 1. The number of rotatable bonds is 2. The molecule has 2 aliphatic rings. The van der Waals surface area contributed by atoms with Gasteiger partial charge in [-0.2, -0.15) is 0 Å². The topological polar surface area (TPSA) is 64.8 Å². The highest BCUT2D eigenvalue weighted by molar-refractivity contribution is 7.91. The summed E-state index contributed by atoms with van der Waals surface area (Å²) >= 11 is 0. The van der Waals surface area contributed by atoms with Crippen molar-refractivity contribution < 1.29 is 8.42 Å². The highest BCUT2D eigenvalue weighted by Crippen LogP contribution is 2.38. The lowest BCUT2D eigenvalue weighted by atomic mass is 9.92. The first-order chi connectivity index (χ1) is 10.1. The van der Waals surface area contributed by atoms with Gasteiger partial charge in [-0.1, -0.05) is 0 Å². The van der Waals surface area contributed by atoms with Crippen molar-refractivity contribution in [1.82, 2.24) is 14.5 Å². The van der Waals surface area contributed by atoms with Gasteiger partial charge in [0.25, 0.3) is 0 Å². The first-order valence-electron chi connectivity index (χ1n) is 7.67. The number of pyridine rings is 1. The Kier molecular flexibility index (Phi) is 3.03. The number of hydrogen-bond acceptors (Lipinski definition) is 4. The molecule has 2 aromatic rings. The second-order valence-corrected chi connectivity index (χ2v) is 8.45. The summed E-state index contributed by atoms with van der Waals surface area (Å²) in [6.45, 7) is 0. The van der Waals surface area contributed by atoms with Crippen molar-refractivity contribution in [3.05, 3.63) is 24.2 Å². The highest BCUT2D eigenvalue weighted by Gasteiger charge is 2.33. The molecule has 4 rings (SSSR count). The van der Waals surface area contributed by atoms with Crippen molar-refractivity contribution in [3.8, 4) is 0 Å². The second kappa shape index (κ2) is 4.80. The summed E-state index contributed by atoms with van der Waals surface area (Å²) in [6, 6.07) is 4.31. The van der Waals surface area contributed by atoms with Crippen LogP contribution in [0.5, 0.6) is 0 Å². The van der Waals surface area contributed by atoms with E-state index in [4.69, 9.17) is 4.98 Å². The van der Waals surface area contributed by atoms with Crippen LogP contribution in [0.3, 0.4) is 0 Å². The third-order valence-corrected chi connectivity index (χ3v) is 6.57. The lowest BCUT2D eigenvalue weighted by Crippen LogP contribution is -2.28. The molecule has 1 aliphatic heterocycles. The molecule has 2 fully saturated rings. The molecule has 112 valence electrons. The molecule has 0 aromatic carbocycles. The summed E-state index contributed by atoms with van der Waals surface area (Å²) in [6.07, 6.45) is 6.98. The standard InChI is InChI=1S/C15H19N3O2S/c19-21(20)9-3-4-11(10-21)14-17-13-7-2-8-16-15(13)18(14)12-5-1-6-12/h2,7-8,11-12H,1,3-6,9-10H2. The highest BCUT2D eigenvalue weighted by atomic mass is 32.2. The molecule has 0 radical (unpaired) electrons. The number of imidazole rings is 1. The quantitative estimate of drug-likeness (QED) is 0.855. The largest absolute Gasteiger partial charge is 0.309 e. The van der Waals surface area contributed by atoms with E-state index in [0.29, 0.717) is 11.8 Å². The summed E-state index contributed by atoms with van der Waals surface area (Å²) in [5.74, 6) is 1.53. The summed E-state index contributed by atoms with van der Waals surface area (Å²) in [4.78, 5) is 9.23. The molecule has 6 heteroatoms. The van der Waals surface area contributed by atoms with Gasteiger partial charge in [-0.3, -0.25) is 0 Å². The Morgan fingerprint density at radius 3 is 2.76 bits per heavy atom. The first-order valence-corrected chi connectivity index (χ1v) is 9.49. The molecule has 3 heterocycles. The van der Waals surface area contributed by atoms with E-state index in [1.165, 1.54) is 6.42 Å². The van der Waals surface area contributed by atoms with Crippen LogP contribution in [0.2, 0.25) is 0 Å². The van der Waals surface area contributed by atoms with Crippen LogP contribution in [0, 0.1) is 0 Å². The molecule has 1 unspecified atom stereocenters. The average molecular weight is 305 g/mol. The molecule has 5 nitrogen and oxygen atoms in total. The van der Waals surface area contributed by atoms with Crippen LogP contribution in [0.15, 0.2) is 18.3 Å². The third kappa shape index (κ3) is 2.25. The summed E-state index contributed by atoms with van der Waals surface area (Å²) < 4.78 is 26.1. The predicted octanol–water partition coefficient (Wildman–Crippen LogP) is 2.45. The minimum Gasteiger partial charge on any atom is -0.309 e.